The molecule has 3 aromatic carbocycles. The minimum absolute atomic E-state index is 0.114. The van der Waals surface area contributed by atoms with Gasteiger partial charge in [0.15, 0.2) is 0 Å². The fraction of sp³-hybridized carbons (Fsp3) is 0.286. The molecule has 34 heavy (non-hydrogen) atoms. The Morgan fingerprint density at radius 3 is 2.06 bits per heavy atom. The monoisotopic (exact) mass is 492 g/mol. The zero-order valence-electron chi connectivity index (χ0n) is 19.3. The van der Waals surface area contributed by atoms with Crippen molar-refractivity contribution in [3.05, 3.63) is 107 Å². The van der Waals surface area contributed by atoms with Crippen molar-refractivity contribution in [3.63, 3.8) is 0 Å². The van der Waals surface area contributed by atoms with Gasteiger partial charge >= 0.3 is 11.9 Å². The van der Waals surface area contributed by atoms with Gasteiger partial charge in [-0.2, -0.15) is 0 Å². The summed E-state index contributed by atoms with van der Waals surface area (Å²) in [7, 11) is 0. The number of aryl methyl sites for hydroxylation is 2. The van der Waals surface area contributed by atoms with E-state index in [0.29, 0.717) is 17.5 Å². The molecule has 1 saturated heterocycles. The fourth-order valence-corrected chi connectivity index (χ4v) is 6.67. The van der Waals surface area contributed by atoms with E-state index in [1.165, 1.54) is 5.56 Å². The molecule has 0 saturated carbocycles. The molecule has 0 aromatic heterocycles. The zero-order chi connectivity index (χ0) is 23.9. The van der Waals surface area contributed by atoms with Crippen molar-refractivity contribution in [2.24, 2.45) is 0 Å². The maximum absolute atomic E-state index is 12.8. The van der Waals surface area contributed by atoms with Gasteiger partial charge in [-0.25, -0.2) is 9.59 Å². The molecular weight excluding hydrogens is 464 g/mol. The lowest BCUT2D eigenvalue weighted by atomic mass is 10.1. The normalized spacial score (nSPS) is 19.5. The molecule has 0 N–H and O–H groups in total. The van der Waals surface area contributed by atoms with Gasteiger partial charge in [0.2, 0.25) is 0 Å². The summed E-state index contributed by atoms with van der Waals surface area (Å²) < 4.78 is 11.8. The zero-order valence-corrected chi connectivity index (χ0v) is 20.9. The van der Waals surface area contributed by atoms with Crippen LogP contribution in [0.3, 0.4) is 0 Å². The summed E-state index contributed by atoms with van der Waals surface area (Å²) in [6.07, 6.45) is 0.393. The first-order valence-electron chi connectivity index (χ1n) is 11.3. The standard InChI is InChI=1S/C28H28O4S2/c1-19-8-12-22(13-9-19)27(29)31-17-25-24(32-28(30)23-14-10-20(2)11-15-23)16-26(34-25)33-18-21-6-4-3-5-7-21/h3-15,24-26H,16-18H2,1-2H3/t24-,25+,26?/m0/s1. The number of thioether (sulfide) groups is 2. The average Bonchev–Trinajstić information content (AvgIpc) is 3.24. The van der Waals surface area contributed by atoms with E-state index in [2.05, 4.69) is 12.1 Å². The van der Waals surface area contributed by atoms with E-state index in [4.69, 9.17) is 9.47 Å². The van der Waals surface area contributed by atoms with Crippen molar-refractivity contribution >= 4 is 35.5 Å². The van der Waals surface area contributed by atoms with Crippen molar-refractivity contribution in [1.29, 1.82) is 0 Å². The number of esters is 2. The molecular formula is C28H28O4S2. The molecule has 1 unspecified atom stereocenters. The Labute approximate surface area is 209 Å². The van der Waals surface area contributed by atoms with Gasteiger partial charge in [-0.3, -0.25) is 0 Å². The van der Waals surface area contributed by atoms with Gasteiger partial charge in [-0.15, -0.1) is 23.5 Å². The predicted octanol–water partition coefficient (Wildman–Crippen LogP) is 6.45. The lowest BCUT2D eigenvalue weighted by molar-refractivity contribution is 0.0218. The fourth-order valence-electron chi connectivity index (χ4n) is 3.65. The first-order chi connectivity index (χ1) is 16.5. The van der Waals surface area contributed by atoms with Gasteiger partial charge in [0.05, 0.1) is 21.0 Å². The van der Waals surface area contributed by atoms with Crippen molar-refractivity contribution in [1.82, 2.24) is 0 Å². The molecule has 4 nitrogen and oxygen atoms in total. The van der Waals surface area contributed by atoms with E-state index < -0.39 is 0 Å². The molecule has 3 atom stereocenters. The molecule has 1 aliphatic rings. The maximum atomic E-state index is 12.8. The summed E-state index contributed by atoms with van der Waals surface area (Å²) in [6, 6.07) is 25.0. The molecule has 0 aliphatic carbocycles. The molecule has 3 aromatic rings. The molecule has 1 aliphatic heterocycles. The number of carbonyl (C=O) groups is 2. The van der Waals surface area contributed by atoms with Crippen LogP contribution < -0.4 is 0 Å². The summed E-state index contributed by atoms with van der Waals surface area (Å²) >= 11 is 3.56. The second-order valence-electron chi connectivity index (χ2n) is 8.41. The molecule has 1 heterocycles. The Kier molecular flexibility index (Phi) is 8.35. The smallest absolute Gasteiger partial charge is 0.338 e. The third kappa shape index (κ3) is 6.67. The number of hydrogen-bond donors (Lipinski definition) is 0. The van der Waals surface area contributed by atoms with E-state index in [1.54, 1.807) is 36.0 Å². The van der Waals surface area contributed by atoms with Gasteiger partial charge in [-0.05, 0) is 43.7 Å². The van der Waals surface area contributed by atoms with Crippen LogP contribution in [0.5, 0.6) is 0 Å². The van der Waals surface area contributed by atoms with Crippen molar-refractivity contribution in [2.75, 3.05) is 6.61 Å². The van der Waals surface area contributed by atoms with Crippen LogP contribution in [-0.4, -0.2) is 34.5 Å². The van der Waals surface area contributed by atoms with E-state index in [0.717, 1.165) is 16.9 Å². The average molecular weight is 493 g/mol. The lowest BCUT2D eigenvalue weighted by Crippen LogP contribution is -2.29. The van der Waals surface area contributed by atoms with Crippen molar-refractivity contribution < 1.29 is 19.1 Å². The second-order valence-corrected chi connectivity index (χ2v) is 11.3. The number of benzene rings is 3. The van der Waals surface area contributed by atoms with E-state index >= 15 is 0 Å². The lowest BCUT2D eigenvalue weighted by Gasteiger charge is -2.19. The van der Waals surface area contributed by atoms with E-state index in [1.807, 2.05) is 68.1 Å². The maximum Gasteiger partial charge on any atom is 0.338 e. The Balaban J connectivity index is 1.40. The summed E-state index contributed by atoms with van der Waals surface area (Å²) in [6.45, 7) is 4.16. The molecule has 4 rings (SSSR count). The van der Waals surface area contributed by atoms with Crippen LogP contribution in [0.1, 0.15) is 43.8 Å². The number of ether oxygens (including phenoxy) is 2. The van der Waals surface area contributed by atoms with Crippen LogP contribution in [0.2, 0.25) is 0 Å². The summed E-state index contributed by atoms with van der Waals surface area (Å²) in [5.74, 6) is 0.186. The quantitative estimate of drug-likeness (QED) is 0.337. The Morgan fingerprint density at radius 1 is 0.853 bits per heavy atom. The molecule has 176 valence electrons. The van der Waals surface area contributed by atoms with Crippen molar-refractivity contribution in [3.8, 4) is 0 Å². The highest BCUT2D eigenvalue weighted by atomic mass is 32.2. The molecule has 0 bridgehead atoms. The van der Waals surface area contributed by atoms with Gasteiger partial charge in [0, 0.05) is 12.2 Å². The van der Waals surface area contributed by atoms with Crippen LogP contribution in [0.25, 0.3) is 0 Å². The highest BCUT2D eigenvalue weighted by Crippen LogP contribution is 2.43. The Morgan fingerprint density at radius 2 is 1.44 bits per heavy atom. The van der Waals surface area contributed by atoms with Crippen molar-refractivity contribution in [2.45, 2.75) is 42.0 Å². The largest absolute Gasteiger partial charge is 0.461 e. The highest BCUT2D eigenvalue weighted by Gasteiger charge is 2.39. The first-order valence-corrected chi connectivity index (χ1v) is 13.3. The second kappa shape index (κ2) is 11.6. The van der Waals surface area contributed by atoms with Crippen LogP contribution in [0.15, 0.2) is 78.9 Å². The SMILES string of the molecule is Cc1ccc(C(=O)OC[C@H]2SC(SCc3ccccc3)C[C@@H]2OC(=O)c2ccc(C)cc2)cc1. The number of rotatable bonds is 8. The summed E-state index contributed by atoms with van der Waals surface area (Å²) in [4.78, 5) is 25.3. The van der Waals surface area contributed by atoms with E-state index in [-0.39, 0.29) is 34.5 Å². The molecule has 1 fully saturated rings. The molecule has 6 heteroatoms. The number of hydrogen-bond acceptors (Lipinski definition) is 6. The topological polar surface area (TPSA) is 52.6 Å². The third-order valence-corrected chi connectivity index (χ3v) is 8.75. The van der Waals surface area contributed by atoms with Crippen LogP contribution >= 0.6 is 23.5 Å². The Bertz CT molecular complexity index is 1100. The molecule has 0 amide bonds. The Hall–Kier alpha value is -2.70. The van der Waals surface area contributed by atoms with Gasteiger partial charge in [0.25, 0.3) is 0 Å². The van der Waals surface area contributed by atoms with E-state index in [9.17, 15) is 9.59 Å². The van der Waals surface area contributed by atoms with Crippen LogP contribution in [0, 0.1) is 13.8 Å². The number of carbonyl (C=O) groups excluding carboxylic acids is 2. The predicted molar refractivity (Wildman–Crippen MR) is 139 cm³/mol. The first kappa shape index (κ1) is 24.4. The van der Waals surface area contributed by atoms with Gasteiger partial charge < -0.3 is 9.47 Å². The van der Waals surface area contributed by atoms with Crippen LogP contribution in [-0.2, 0) is 15.2 Å². The minimum atomic E-state index is -0.357. The van der Waals surface area contributed by atoms with Gasteiger partial charge in [0.1, 0.15) is 12.7 Å². The molecule has 0 radical (unpaired) electrons. The summed E-state index contributed by atoms with van der Waals surface area (Å²) in [5.41, 5.74) is 4.49. The molecule has 0 spiro atoms. The third-order valence-electron chi connectivity index (χ3n) is 5.66. The van der Waals surface area contributed by atoms with Gasteiger partial charge in [-0.1, -0.05) is 65.7 Å². The van der Waals surface area contributed by atoms with Crippen LogP contribution in [0.4, 0.5) is 0 Å². The summed E-state index contributed by atoms with van der Waals surface area (Å²) in [5, 5.41) is -0.114. The highest BCUT2D eigenvalue weighted by molar-refractivity contribution is 8.17. The minimum Gasteiger partial charge on any atom is -0.461 e.